The van der Waals surface area contributed by atoms with Crippen molar-refractivity contribution >= 4 is 29.3 Å². The predicted molar refractivity (Wildman–Crippen MR) is 92.9 cm³/mol. The van der Waals surface area contributed by atoms with E-state index in [1.165, 1.54) is 24.3 Å². The van der Waals surface area contributed by atoms with Crippen LogP contribution in [0, 0.1) is 17.0 Å². The Balaban J connectivity index is 1.86. The minimum Gasteiger partial charge on any atom is -0.452 e. The molecular formula is C18H16N2O5. The SMILES string of the molecule is Cc1ccccc1NC(=O)COC(=O)/C=C/c1cccc([N+](=O)[O-])c1. The third kappa shape index (κ3) is 5.58. The van der Waals surface area contributed by atoms with Crippen LogP contribution in [0.5, 0.6) is 0 Å². The fourth-order valence-corrected chi connectivity index (χ4v) is 1.99. The Kier molecular flexibility index (Phi) is 6.00. The number of nitrogens with one attached hydrogen (secondary N) is 1. The number of benzene rings is 2. The Morgan fingerprint density at radius 1 is 1.20 bits per heavy atom. The normalized spacial score (nSPS) is 10.4. The quantitative estimate of drug-likeness (QED) is 0.377. The van der Waals surface area contributed by atoms with Gasteiger partial charge in [-0.1, -0.05) is 30.3 Å². The number of nitrogens with zero attached hydrogens (tertiary/aromatic N) is 1. The average Bonchev–Trinajstić information content (AvgIpc) is 2.60. The zero-order chi connectivity index (χ0) is 18.2. The highest BCUT2D eigenvalue weighted by Crippen LogP contribution is 2.14. The van der Waals surface area contributed by atoms with E-state index in [-0.39, 0.29) is 5.69 Å². The lowest BCUT2D eigenvalue weighted by Gasteiger charge is -2.07. The summed E-state index contributed by atoms with van der Waals surface area (Å²) in [6.07, 6.45) is 2.49. The average molecular weight is 340 g/mol. The molecule has 0 aliphatic rings. The van der Waals surface area contributed by atoms with Crippen LogP contribution in [-0.2, 0) is 14.3 Å². The number of para-hydroxylation sites is 1. The van der Waals surface area contributed by atoms with Crippen molar-refractivity contribution in [1.29, 1.82) is 0 Å². The van der Waals surface area contributed by atoms with E-state index >= 15 is 0 Å². The number of rotatable bonds is 6. The molecule has 1 N–H and O–H groups in total. The molecule has 25 heavy (non-hydrogen) atoms. The van der Waals surface area contributed by atoms with Gasteiger partial charge >= 0.3 is 5.97 Å². The van der Waals surface area contributed by atoms with Gasteiger partial charge < -0.3 is 10.1 Å². The van der Waals surface area contributed by atoms with Gasteiger partial charge in [0.2, 0.25) is 0 Å². The van der Waals surface area contributed by atoms with Gasteiger partial charge in [-0.15, -0.1) is 0 Å². The number of non-ortho nitro benzene ring substituents is 1. The van der Waals surface area contributed by atoms with Crippen molar-refractivity contribution in [2.45, 2.75) is 6.92 Å². The van der Waals surface area contributed by atoms with Crippen LogP contribution >= 0.6 is 0 Å². The van der Waals surface area contributed by atoms with Crippen LogP contribution in [0.3, 0.4) is 0 Å². The highest BCUT2D eigenvalue weighted by atomic mass is 16.6. The van der Waals surface area contributed by atoms with E-state index in [1.807, 2.05) is 19.1 Å². The molecule has 0 unspecified atom stereocenters. The Morgan fingerprint density at radius 3 is 2.68 bits per heavy atom. The minimum atomic E-state index is -0.716. The van der Waals surface area contributed by atoms with Gasteiger partial charge in [-0.2, -0.15) is 0 Å². The van der Waals surface area contributed by atoms with Crippen LogP contribution in [0.25, 0.3) is 6.08 Å². The van der Waals surface area contributed by atoms with Crippen LogP contribution in [-0.4, -0.2) is 23.4 Å². The monoisotopic (exact) mass is 340 g/mol. The molecule has 0 heterocycles. The maximum Gasteiger partial charge on any atom is 0.331 e. The first-order chi connectivity index (χ1) is 12.0. The van der Waals surface area contributed by atoms with Crippen LogP contribution < -0.4 is 5.32 Å². The lowest BCUT2D eigenvalue weighted by molar-refractivity contribution is -0.384. The number of hydrogen-bond donors (Lipinski definition) is 1. The lowest BCUT2D eigenvalue weighted by atomic mass is 10.2. The number of nitro groups is 1. The molecular weight excluding hydrogens is 324 g/mol. The van der Waals surface area contributed by atoms with E-state index < -0.39 is 23.4 Å². The molecule has 2 aromatic rings. The molecule has 0 aromatic heterocycles. The second-order valence-electron chi connectivity index (χ2n) is 5.16. The van der Waals surface area contributed by atoms with Crippen LogP contribution in [0.15, 0.2) is 54.6 Å². The van der Waals surface area contributed by atoms with Gasteiger partial charge in [0.05, 0.1) is 4.92 Å². The summed E-state index contributed by atoms with van der Waals surface area (Å²) >= 11 is 0. The zero-order valence-corrected chi connectivity index (χ0v) is 13.5. The van der Waals surface area contributed by atoms with E-state index in [0.717, 1.165) is 11.6 Å². The molecule has 0 spiro atoms. The number of aryl methyl sites for hydroxylation is 1. The smallest absolute Gasteiger partial charge is 0.331 e. The summed E-state index contributed by atoms with van der Waals surface area (Å²) in [5, 5.41) is 13.3. The zero-order valence-electron chi connectivity index (χ0n) is 13.5. The minimum absolute atomic E-state index is 0.0758. The second kappa shape index (κ2) is 8.39. The van der Waals surface area contributed by atoms with E-state index in [4.69, 9.17) is 4.74 Å². The fraction of sp³-hybridized carbons (Fsp3) is 0.111. The van der Waals surface area contributed by atoms with E-state index in [2.05, 4.69) is 5.32 Å². The summed E-state index contributed by atoms with van der Waals surface area (Å²) < 4.78 is 4.84. The molecule has 7 nitrogen and oxygen atoms in total. The number of esters is 1. The molecule has 128 valence electrons. The summed E-state index contributed by atoms with van der Waals surface area (Å²) in [6.45, 7) is 1.43. The predicted octanol–water partition coefficient (Wildman–Crippen LogP) is 3.10. The van der Waals surface area contributed by atoms with E-state index in [1.54, 1.807) is 18.2 Å². The van der Waals surface area contributed by atoms with E-state index in [9.17, 15) is 19.7 Å². The molecule has 0 atom stereocenters. The standard InChI is InChI=1S/C18H16N2O5/c1-13-5-2-3-8-16(13)19-17(21)12-25-18(22)10-9-14-6-4-7-15(11-14)20(23)24/h2-11H,12H2,1H3,(H,19,21)/b10-9+. The van der Waals surface area contributed by atoms with Crippen LogP contribution in [0.1, 0.15) is 11.1 Å². The van der Waals surface area contributed by atoms with Crippen molar-refractivity contribution in [3.8, 4) is 0 Å². The Morgan fingerprint density at radius 2 is 1.96 bits per heavy atom. The molecule has 2 rings (SSSR count). The van der Waals surface area contributed by atoms with Crippen LogP contribution in [0.2, 0.25) is 0 Å². The molecule has 0 fully saturated rings. The second-order valence-corrected chi connectivity index (χ2v) is 5.16. The molecule has 0 radical (unpaired) electrons. The highest BCUT2D eigenvalue weighted by molar-refractivity contribution is 5.95. The molecule has 0 saturated carbocycles. The van der Waals surface area contributed by atoms with Gasteiger partial charge in [0, 0.05) is 23.9 Å². The summed E-state index contributed by atoms with van der Waals surface area (Å²) in [5.41, 5.74) is 1.95. The van der Waals surface area contributed by atoms with Crippen LogP contribution in [0.4, 0.5) is 11.4 Å². The van der Waals surface area contributed by atoms with Crippen molar-refractivity contribution < 1.29 is 19.2 Å². The fourth-order valence-electron chi connectivity index (χ4n) is 1.99. The molecule has 0 aliphatic carbocycles. The molecule has 0 bridgehead atoms. The van der Waals surface area contributed by atoms with Crippen molar-refractivity contribution in [2.75, 3.05) is 11.9 Å². The van der Waals surface area contributed by atoms with Crippen molar-refractivity contribution in [3.63, 3.8) is 0 Å². The lowest BCUT2D eigenvalue weighted by Crippen LogP contribution is -2.20. The first-order valence-electron chi connectivity index (χ1n) is 7.40. The first kappa shape index (κ1) is 17.9. The molecule has 7 heteroatoms. The third-order valence-corrected chi connectivity index (χ3v) is 3.26. The first-order valence-corrected chi connectivity index (χ1v) is 7.40. The third-order valence-electron chi connectivity index (χ3n) is 3.26. The maximum absolute atomic E-state index is 11.8. The molecule has 1 amide bonds. The Hall–Kier alpha value is -3.48. The molecule has 0 aliphatic heterocycles. The maximum atomic E-state index is 11.8. The highest BCUT2D eigenvalue weighted by Gasteiger charge is 2.07. The van der Waals surface area contributed by atoms with Gasteiger partial charge in [0.1, 0.15) is 0 Å². The summed E-state index contributed by atoms with van der Waals surface area (Å²) in [4.78, 5) is 33.6. The number of nitro benzene ring substituents is 1. The summed E-state index contributed by atoms with van der Waals surface area (Å²) in [7, 11) is 0. The number of hydrogen-bond acceptors (Lipinski definition) is 5. The molecule has 0 saturated heterocycles. The van der Waals surface area contributed by atoms with Crippen molar-refractivity contribution in [3.05, 3.63) is 75.8 Å². The summed E-state index contributed by atoms with van der Waals surface area (Å²) in [5.74, 6) is -1.17. The van der Waals surface area contributed by atoms with Gasteiger partial charge in [0.25, 0.3) is 11.6 Å². The van der Waals surface area contributed by atoms with Gasteiger partial charge in [0.15, 0.2) is 6.61 Å². The largest absolute Gasteiger partial charge is 0.452 e. The number of amides is 1. The Labute approximate surface area is 144 Å². The van der Waals surface area contributed by atoms with E-state index in [0.29, 0.717) is 11.3 Å². The number of carbonyl (C=O) groups excluding carboxylic acids is 2. The van der Waals surface area contributed by atoms with Crippen molar-refractivity contribution in [2.24, 2.45) is 0 Å². The van der Waals surface area contributed by atoms with Gasteiger partial charge in [-0.25, -0.2) is 4.79 Å². The number of carbonyl (C=O) groups is 2. The summed E-state index contributed by atoms with van der Waals surface area (Å²) in [6, 6.07) is 13.0. The number of anilines is 1. The van der Waals surface area contributed by atoms with Crippen molar-refractivity contribution in [1.82, 2.24) is 0 Å². The topological polar surface area (TPSA) is 98.5 Å². The molecule has 2 aromatic carbocycles. The Bertz CT molecular complexity index is 830. The number of ether oxygens (including phenoxy) is 1. The van der Waals surface area contributed by atoms with Gasteiger partial charge in [-0.05, 0) is 30.2 Å². The van der Waals surface area contributed by atoms with Gasteiger partial charge in [-0.3, -0.25) is 14.9 Å².